The van der Waals surface area contributed by atoms with E-state index in [1.165, 1.54) is 0 Å². The molecule has 2 amide bonds. The zero-order valence-electron chi connectivity index (χ0n) is 12.9. The van der Waals surface area contributed by atoms with Gasteiger partial charge in [0.25, 0.3) is 0 Å². The molecule has 2 aromatic carbocycles. The van der Waals surface area contributed by atoms with Gasteiger partial charge in [0.15, 0.2) is 0 Å². The van der Waals surface area contributed by atoms with Crippen LogP contribution in [0.15, 0.2) is 53.1 Å². The monoisotopic (exact) mass is 342 g/mol. The Labute approximate surface area is 143 Å². The Morgan fingerprint density at radius 3 is 2.54 bits per heavy atom. The van der Waals surface area contributed by atoms with E-state index in [0.717, 1.165) is 11.1 Å². The molecule has 24 heavy (non-hydrogen) atoms. The van der Waals surface area contributed by atoms with Gasteiger partial charge in [0, 0.05) is 16.3 Å². The maximum atomic E-state index is 11.8. The van der Waals surface area contributed by atoms with Crippen molar-refractivity contribution in [1.82, 2.24) is 15.5 Å². The first-order valence-electron chi connectivity index (χ1n) is 7.30. The topological polar surface area (TPSA) is 80.0 Å². The molecule has 0 spiro atoms. The zero-order chi connectivity index (χ0) is 16.9. The van der Waals surface area contributed by atoms with Crippen LogP contribution in [0.5, 0.6) is 0 Å². The predicted octanol–water partition coefficient (Wildman–Crippen LogP) is 4.02. The van der Waals surface area contributed by atoms with Crippen molar-refractivity contribution in [2.45, 2.75) is 13.5 Å². The van der Waals surface area contributed by atoms with Crippen molar-refractivity contribution in [3.63, 3.8) is 0 Å². The Kier molecular flexibility index (Phi) is 4.77. The maximum Gasteiger partial charge on any atom is 0.319 e. The minimum atomic E-state index is -0.368. The van der Waals surface area contributed by atoms with Crippen molar-refractivity contribution in [2.75, 3.05) is 5.32 Å². The SMILES string of the molecule is Cc1ccc(-c2noc(CNC(=O)Nc3ccc(Cl)cc3)n2)cc1. The average molecular weight is 343 g/mol. The van der Waals surface area contributed by atoms with Gasteiger partial charge in [-0.05, 0) is 31.2 Å². The van der Waals surface area contributed by atoms with Crippen molar-refractivity contribution in [2.24, 2.45) is 0 Å². The van der Waals surface area contributed by atoms with E-state index in [-0.39, 0.29) is 12.6 Å². The summed E-state index contributed by atoms with van der Waals surface area (Å²) in [6.07, 6.45) is 0. The van der Waals surface area contributed by atoms with E-state index < -0.39 is 0 Å². The zero-order valence-corrected chi connectivity index (χ0v) is 13.7. The van der Waals surface area contributed by atoms with E-state index in [2.05, 4.69) is 20.8 Å². The standard InChI is InChI=1S/C17H15ClN4O2/c1-11-2-4-12(5-3-11)16-21-15(24-22-16)10-19-17(23)20-14-8-6-13(18)7-9-14/h2-9H,10H2,1H3,(H2,19,20,23). The molecule has 7 heteroatoms. The molecule has 0 unspecified atom stereocenters. The molecule has 0 aliphatic carbocycles. The summed E-state index contributed by atoms with van der Waals surface area (Å²) < 4.78 is 5.14. The molecule has 0 saturated heterocycles. The number of hydrogen-bond acceptors (Lipinski definition) is 4. The van der Waals surface area contributed by atoms with Gasteiger partial charge in [0.05, 0.1) is 6.54 Å². The van der Waals surface area contributed by atoms with Gasteiger partial charge in [-0.15, -0.1) is 0 Å². The normalized spacial score (nSPS) is 10.4. The summed E-state index contributed by atoms with van der Waals surface area (Å²) in [6.45, 7) is 2.15. The molecule has 1 aromatic heterocycles. The van der Waals surface area contributed by atoms with Crippen molar-refractivity contribution < 1.29 is 9.32 Å². The lowest BCUT2D eigenvalue weighted by atomic mass is 10.1. The van der Waals surface area contributed by atoms with Gasteiger partial charge in [-0.2, -0.15) is 4.98 Å². The highest BCUT2D eigenvalue weighted by molar-refractivity contribution is 6.30. The second-order valence-corrected chi connectivity index (χ2v) is 5.63. The molecule has 0 atom stereocenters. The molecule has 1 heterocycles. The third-order valence-corrected chi connectivity index (χ3v) is 3.53. The number of rotatable bonds is 4. The van der Waals surface area contributed by atoms with Crippen molar-refractivity contribution in [3.05, 3.63) is 65.0 Å². The van der Waals surface area contributed by atoms with Crippen LogP contribution in [0.3, 0.4) is 0 Å². The summed E-state index contributed by atoms with van der Waals surface area (Å²) in [4.78, 5) is 16.1. The molecule has 3 aromatic rings. The molecule has 3 rings (SSSR count). The lowest BCUT2D eigenvalue weighted by molar-refractivity contribution is 0.249. The molecule has 2 N–H and O–H groups in total. The molecule has 0 aliphatic rings. The average Bonchev–Trinajstić information content (AvgIpc) is 3.05. The summed E-state index contributed by atoms with van der Waals surface area (Å²) in [6, 6.07) is 14.2. The van der Waals surface area contributed by atoms with Crippen LogP contribution in [-0.4, -0.2) is 16.2 Å². The van der Waals surface area contributed by atoms with Crippen LogP contribution in [0, 0.1) is 6.92 Å². The number of halogens is 1. The van der Waals surface area contributed by atoms with E-state index >= 15 is 0 Å². The molecule has 0 saturated carbocycles. The lowest BCUT2D eigenvalue weighted by Gasteiger charge is -2.05. The summed E-state index contributed by atoms with van der Waals surface area (Å²) >= 11 is 5.79. The van der Waals surface area contributed by atoms with E-state index in [1.807, 2.05) is 31.2 Å². The Bertz CT molecular complexity index is 829. The number of urea groups is 1. The first-order chi connectivity index (χ1) is 11.6. The summed E-state index contributed by atoms with van der Waals surface area (Å²) in [5, 5.41) is 9.86. The smallest absolute Gasteiger partial charge is 0.319 e. The minimum Gasteiger partial charge on any atom is -0.337 e. The highest BCUT2D eigenvalue weighted by Gasteiger charge is 2.10. The number of hydrogen-bond donors (Lipinski definition) is 2. The molecule has 0 radical (unpaired) electrons. The molecule has 122 valence electrons. The van der Waals surface area contributed by atoms with Crippen LogP contribution in [0.25, 0.3) is 11.4 Å². The number of aryl methyl sites for hydroxylation is 1. The van der Waals surface area contributed by atoms with E-state index in [1.54, 1.807) is 24.3 Å². The van der Waals surface area contributed by atoms with Crippen LogP contribution >= 0.6 is 11.6 Å². The van der Waals surface area contributed by atoms with Gasteiger partial charge in [-0.25, -0.2) is 4.79 Å². The molecule has 0 fully saturated rings. The largest absolute Gasteiger partial charge is 0.337 e. The van der Waals surface area contributed by atoms with Gasteiger partial charge in [-0.3, -0.25) is 0 Å². The summed E-state index contributed by atoms with van der Waals surface area (Å²) in [5.41, 5.74) is 2.66. The maximum absolute atomic E-state index is 11.8. The molecular formula is C17H15ClN4O2. The van der Waals surface area contributed by atoms with Crippen LogP contribution in [0.1, 0.15) is 11.5 Å². The fourth-order valence-electron chi connectivity index (χ4n) is 2.01. The molecule has 6 nitrogen and oxygen atoms in total. The Hall–Kier alpha value is -2.86. The number of aromatic nitrogens is 2. The predicted molar refractivity (Wildman–Crippen MR) is 91.8 cm³/mol. The molecular weight excluding hydrogens is 328 g/mol. The number of benzene rings is 2. The number of nitrogens with one attached hydrogen (secondary N) is 2. The van der Waals surface area contributed by atoms with Crippen LogP contribution in [-0.2, 0) is 6.54 Å². The van der Waals surface area contributed by atoms with Gasteiger partial charge < -0.3 is 15.2 Å². The van der Waals surface area contributed by atoms with Crippen LogP contribution in [0.4, 0.5) is 10.5 Å². The van der Waals surface area contributed by atoms with Crippen molar-refractivity contribution in [1.29, 1.82) is 0 Å². The molecule has 0 aliphatic heterocycles. The number of carbonyl (C=O) groups is 1. The fraction of sp³-hybridized carbons (Fsp3) is 0.118. The van der Waals surface area contributed by atoms with E-state index in [4.69, 9.17) is 16.1 Å². The highest BCUT2D eigenvalue weighted by atomic mass is 35.5. The van der Waals surface area contributed by atoms with Crippen molar-refractivity contribution in [3.8, 4) is 11.4 Å². The van der Waals surface area contributed by atoms with Crippen LogP contribution in [0.2, 0.25) is 5.02 Å². The third kappa shape index (κ3) is 4.11. The van der Waals surface area contributed by atoms with E-state index in [9.17, 15) is 4.79 Å². The lowest BCUT2D eigenvalue weighted by Crippen LogP contribution is -2.28. The first-order valence-corrected chi connectivity index (χ1v) is 7.68. The Morgan fingerprint density at radius 2 is 1.83 bits per heavy atom. The van der Waals surface area contributed by atoms with Gasteiger partial charge >= 0.3 is 6.03 Å². The Balaban J connectivity index is 1.56. The van der Waals surface area contributed by atoms with Gasteiger partial charge in [0.1, 0.15) is 0 Å². The second-order valence-electron chi connectivity index (χ2n) is 5.19. The first kappa shape index (κ1) is 16.0. The summed E-state index contributed by atoms with van der Waals surface area (Å²) in [7, 11) is 0. The Morgan fingerprint density at radius 1 is 1.12 bits per heavy atom. The number of nitrogens with zero attached hydrogens (tertiary/aromatic N) is 2. The quantitative estimate of drug-likeness (QED) is 0.750. The number of carbonyl (C=O) groups excluding carboxylic acids is 1. The third-order valence-electron chi connectivity index (χ3n) is 3.28. The van der Waals surface area contributed by atoms with Crippen LogP contribution < -0.4 is 10.6 Å². The van der Waals surface area contributed by atoms with Gasteiger partial charge in [0.2, 0.25) is 11.7 Å². The molecule has 0 bridgehead atoms. The minimum absolute atomic E-state index is 0.137. The van der Waals surface area contributed by atoms with Gasteiger partial charge in [-0.1, -0.05) is 46.6 Å². The number of amides is 2. The van der Waals surface area contributed by atoms with Crippen molar-refractivity contribution >= 4 is 23.3 Å². The fourth-order valence-corrected chi connectivity index (χ4v) is 2.14. The highest BCUT2D eigenvalue weighted by Crippen LogP contribution is 2.16. The number of anilines is 1. The second kappa shape index (κ2) is 7.14. The summed E-state index contributed by atoms with van der Waals surface area (Å²) in [5.74, 6) is 0.821. The van der Waals surface area contributed by atoms with E-state index in [0.29, 0.717) is 22.4 Å².